The van der Waals surface area contributed by atoms with Crippen molar-refractivity contribution in [3.05, 3.63) is 30.6 Å². The van der Waals surface area contributed by atoms with Gasteiger partial charge in [-0.2, -0.15) is 0 Å². The van der Waals surface area contributed by atoms with Gasteiger partial charge in [-0.15, -0.1) is 0 Å². The third-order valence-electron chi connectivity index (χ3n) is 1.28. The van der Waals surface area contributed by atoms with Crippen LogP contribution in [-0.2, 0) is 9.53 Å². The normalized spacial score (nSPS) is 9.87. The van der Waals surface area contributed by atoms with Crippen LogP contribution in [0.25, 0.3) is 0 Å². The van der Waals surface area contributed by atoms with Crippen LogP contribution in [0, 0.1) is 0 Å². The Bertz CT molecular complexity index is 238. The second-order valence-corrected chi connectivity index (χ2v) is 3.96. The molecule has 0 spiro atoms. The van der Waals surface area contributed by atoms with Crippen LogP contribution in [0.2, 0.25) is 0 Å². The van der Waals surface area contributed by atoms with Gasteiger partial charge < -0.3 is 4.74 Å². The Labute approximate surface area is 91.5 Å². The van der Waals surface area contributed by atoms with Gasteiger partial charge >= 0.3 is 5.97 Å². The summed E-state index contributed by atoms with van der Waals surface area (Å²) in [6.45, 7) is 7.37. The smallest absolute Gasteiger partial charge is 0.306 e. The van der Waals surface area contributed by atoms with Gasteiger partial charge in [0.05, 0.1) is 0 Å². The first-order valence-electron chi connectivity index (χ1n) is 5.02. The average molecular weight is 209 g/mol. The summed E-state index contributed by atoms with van der Waals surface area (Å²) in [5.74, 6) is -0.137. The summed E-state index contributed by atoms with van der Waals surface area (Å²) in [6, 6.07) is 5.72. The first-order chi connectivity index (χ1) is 6.95. The van der Waals surface area contributed by atoms with Crippen LogP contribution >= 0.6 is 0 Å². The molecule has 0 aromatic carbocycles. The number of pyridine rings is 1. The predicted molar refractivity (Wildman–Crippen MR) is 60.4 cm³/mol. The highest BCUT2D eigenvalue weighted by Gasteiger charge is 2.13. The van der Waals surface area contributed by atoms with Crippen molar-refractivity contribution in [2.75, 3.05) is 0 Å². The number of hydrogen-bond donors (Lipinski definition) is 0. The van der Waals surface area contributed by atoms with Crippen LogP contribution in [0.4, 0.5) is 0 Å². The van der Waals surface area contributed by atoms with E-state index < -0.39 is 0 Å². The molecule has 0 unspecified atom stereocenters. The van der Waals surface area contributed by atoms with Gasteiger partial charge in [-0.25, -0.2) is 0 Å². The van der Waals surface area contributed by atoms with Crippen molar-refractivity contribution in [2.45, 2.75) is 39.7 Å². The van der Waals surface area contributed by atoms with Gasteiger partial charge in [-0.3, -0.25) is 9.78 Å². The van der Waals surface area contributed by atoms with E-state index in [0.717, 1.165) is 0 Å². The summed E-state index contributed by atoms with van der Waals surface area (Å²) in [4.78, 5) is 14.4. The zero-order chi connectivity index (χ0) is 11.7. The number of rotatable bonds is 1. The fourth-order valence-corrected chi connectivity index (χ4v) is 0.726. The summed E-state index contributed by atoms with van der Waals surface area (Å²) in [7, 11) is 0. The zero-order valence-electron chi connectivity index (χ0n) is 9.86. The van der Waals surface area contributed by atoms with Crippen LogP contribution in [-0.4, -0.2) is 16.6 Å². The molecule has 0 aliphatic heterocycles. The SMILES string of the molecule is CCC(=O)OC(C)(C)C.c1ccncc1. The molecular weight excluding hydrogens is 190 g/mol. The van der Waals surface area contributed by atoms with Crippen molar-refractivity contribution in [2.24, 2.45) is 0 Å². The molecule has 1 heterocycles. The second kappa shape index (κ2) is 6.98. The van der Waals surface area contributed by atoms with E-state index in [1.807, 2.05) is 39.0 Å². The highest BCUT2D eigenvalue weighted by atomic mass is 16.6. The minimum Gasteiger partial charge on any atom is -0.460 e. The summed E-state index contributed by atoms with van der Waals surface area (Å²) < 4.78 is 4.95. The predicted octanol–water partition coefficient (Wildman–Crippen LogP) is 2.82. The maximum atomic E-state index is 10.6. The lowest BCUT2D eigenvalue weighted by molar-refractivity contribution is -0.154. The molecule has 0 saturated heterocycles. The molecule has 3 nitrogen and oxygen atoms in total. The number of carbonyl (C=O) groups excluding carboxylic acids is 1. The largest absolute Gasteiger partial charge is 0.460 e. The fraction of sp³-hybridized carbons (Fsp3) is 0.500. The molecule has 0 aliphatic rings. The van der Waals surface area contributed by atoms with Gasteiger partial charge in [0.1, 0.15) is 5.60 Å². The Morgan fingerprint density at radius 1 is 1.20 bits per heavy atom. The lowest BCUT2D eigenvalue weighted by Crippen LogP contribution is -2.23. The molecule has 0 fully saturated rings. The van der Waals surface area contributed by atoms with Gasteiger partial charge in [-0.1, -0.05) is 13.0 Å². The molecular formula is C12H19NO2. The third kappa shape index (κ3) is 10.5. The number of carbonyl (C=O) groups is 1. The number of aromatic nitrogens is 1. The Morgan fingerprint density at radius 2 is 1.73 bits per heavy atom. The minimum absolute atomic E-state index is 0.137. The van der Waals surface area contributed by atoms with E-state index in [-0.39, 0.29) is 11.6 Å². The number of esters is 1. The first kappa shape index (κ1) is 13.6. The molecule has 0 atom stereocenters. The number of hydrogen-bond acceptors (Lipinski definition) is 3. The maximum absolute atomic E-state index is 10.6. The molecule has 3 heteroatoms. The number of nitrogens with zero attached hydrogens (tertiary/aromatic N) is 1. The van der Waals surface area contributed by atoms with Crippen molar-refractivity contribution >= 4 is 5.97 Å². The Balaban J connectivity index is 0.000000280. The number of ether oxygens (including phenoxy) is 1. The van der Waals surface area contributed by atoms with Gasteiger partial charge in [0.2, 0.25) is 0 Å². The molecule has 1 rings (SSSR count). The molecule has 0 saturated carbocycles. The van der Waals surface area contributed by atoms with Crippen LogP contribution in [0.3, 0.4) is 0 Å². The quantitative estimate of drug-likeness (QED) is 0.668. The van der Waals surface area contributed by atoms with Crippen molar-refractivity contribution in [1.29, 1.82) is 0 Å². The average Bonchev–Trinajstić information content (AvgIpc) is 2.19. The van der Waals surface area contributed by atoms with Crippen LogP contribution in [0.5, 0.6) is 0 Å². The van der Waals surface area contributed by atoms with E-state index in [1.54, 1.807) is 19.3 Å². The van der Waals surface area contributed by atoms with Crippen molar-refractivity contribution < 1.29 is 9.53 Å². The molecule has 0 bridgehead atoms. The van der Waals surface area contributed by atoms with Crippen molar-refractivity contribution in [3.8, 4) is 0 Å². The molecule has 0 N–H and O–H groups in total. The van der Waals surface area contributed by atoms with E-state index in [1.165, 1.54) is 0 Å². The summed E-state index contributed by atoms with van der Waals surface area (Å²) in [5.41, 5.74) is -0.326. The minimum atomic E-state index is -0.326. The highest BCUT2D eigenvalue weighted by molar-refractivity contribution is 5.69. The molecule has 84 valence electrons. The first-order valence-corrected chi connectivity index (χ1v) is 5.02. The van der Waals surface area contributed by atoms with Crippen molar-refractivity contribution in [1.82, 2.24) is 4.98 Å². The molecule has 15 heavy (non-hydrogen) atoms. The van der Waals surface area contributed by atoms with Gasteiger partial charge in [0, 0.05) is 18.8 Å². The standard InChI is InChI=1S/C7H14O2.C5H5N/c1-5-6(8)9-7(2,3)4;1-2-4-6-5-3-1/h5H2,1-4H3;1-5H. The summed E-state index contributed by atoms with van der Waals surface area (Å²) >= 11 is 0. The Hall–Kier alpha value is -1.38. The van der Waals surface area contributed by atoms with E-state index in [4.69, 9.17) is 4.74 Å². The van der Waals surface area contributed by atoms with Crippen LogP contribution in [0.1, 0.15) is 34.1 Å². The molecule has 1 aromatic rings. The fourth-order valence-electron chi connectivity index (χ4n) is 0.726. The topological polar surface area (TPSA) is 39.2 Å². The monoisotopic (exact) mass is 209 g/mol. The van der Waals surface area contributed by atoms with Crippen LogP contribution in [0.15, 0.2) is 30.6 Å². The second-order valence-electron chi connectivity index (χ2n) is 3.96. The third-order valence-corrected chi connectivity index (χ3v) is 1.28. The molecule has 0 aliphatic carbocycles. The zero-order valence-corrected chi connectivity index (χ0v) is 9.86. The molecule has 0 radical (unpaired) electrons. The Kier molecular flexibility index (Phi) is 6.34. The van der Waals surface area contributed by atoms with Gasteiger partial charge in [0.15, 0.2) is 0 Å². The van der Waals surface area contributed by atoms with Crippen LogP contribution < -0.4 is 0 Å². The van der Waals surface area contributed by atoms with E-state index >= 15 is 0 Å². The van der Waals surface area contributed by atoms with Gasteiger partial charge in [0.25, 0.3) is 0 Å². The van der Waals surface area contributed by atoms with E-state index in [9.17, 15) is 4.79 Å². The highest BCUT2D eigenvalue weighted by Crippen LogP contribution is 2.07. The molecule has 0 amide bonds. The Morgan fingerprint density at radius 3 is 1.87 bits per heavy atom. The van der Waals surface area contributed by atoms with Crippen molar-refractivity contribution in [3.63, 3.8) is 0 Å². The summed E-state index contributed by atoms with van der Waals surface area (Å²) in [5, 5.41) is 0. The molecule has 1 aromatic heterocycles. The van der Waals surface area contributed by atoms with E-state index in [0.29, 0.717) is 6.42 Å². The maximum Gasteiger partial charge on any atom is 0.306 e. The summed E-state index contributed by atoms with van der Waals surface area (Å²) in [6.07, 6.45) is 3.96. The lowest BCUT2D eigenvalue weighted by Gasteiger charge is -2.18. The van der Waals surface area contributed by atoms with Gasteiger partial charge in [-0.05, 0) is 32.9 Å². The lowest BCUT2D eigenvalue weighted by atomic mass is 10.2. The van der Waals surface area contributed by atoms with E-state index in [2.05, 4.69) is 4.98 Å².